The van der Waals surface area contributed by atoms with Gasteiger partial charge in [0.1, 0.15) is 10.7 Å². The van der Waals surface area contributed by atoms with Crippen molar-refractivity contribution in [1.82, 2.24) is 9.97 Å². The Morgan fingerprint density at radius 2 is 2.04 bits per heavy atom. The zero-order valence-corrected chi connectivity index (χ0v) is 13.2. The molecule has 0 bridgehead atoms. The molecule has 2 amide bonds. The van der Waals surface area contributed by atoms with Crippen molar-refractivity contribution in [3.8, 4) is 10.6 Å². The van der Waals surface area contributed by atoms with E-state index in [1.165, 1.54) is 23.5 Å². The Hall–Kier alpha value is -3.26. The predicted molar refractivity (Wildman–Crippen MR) is 92.7 cm³/mol. The third kappa shape index (κ3) is 3.23. The number of thiazole rings is 1. The van der Waals surface area contributed by atoms with E-state index < -0.39 is 11.8 Å². The van der Waals surface area contributed by atoms with Gasteiger partial charge in [-0.15, -0.1) is 11.3 Å². The molecule has 0 spiro atoms. The number of amides is 2. The fourth-order valence-electron chi connectivity index (χ4n) is 2.06. The number of nitrogens with two attached hydrogens (primary N) is 2. The van der Waals surface area contributed by atoms with Gasteiger partial charge in [0, 0.05) is 29.0 Å². The lowest BCUT2D eigenvalue weighted by Crippen LogP contribution is -2.18. The summed E-state index contributed by atoms with van der Waals surface area (Å²) in [6, 6.07) is 8.18. The second-order valence-corrected chi connectivity index (χ2v) is 5.76. The first-order chi connectivity index (χ1) is 11.5. The largest absolute Gasteiger partial charge is 0.399 e. The number of benzene rings is 1. The summed E-state index contributed by atoms with van der Waals surface area (Å²) in [5, 5.41) is 4.95. The summed E-state index contributed by atoms with van der Waals surface area (Å²) in [6.07, 6.45) is 3.34. The number of rotatable bonds is 4. The van der Waals surface area contributed by atoms with Crippen molar-refractivity contribution in [3.63, 3.8) is 0 Å². The number of nitrogens with zero attached hydrogens (tertiary/aromatic N) is 2. The fourth-order valence-corrected chi connectivity index (χ4v) is 2.85. The molecule has 5 N–H and O–H groups in total. The van der Waals surface area contributed by atoms with Gasteiger partial charge in [0.15, 0.2) is 0 Å². The van der Waals surface area contributed by atoms with Crippen molar-refractivity contribution in [2.45, 2.75) is 0 Å². The van der Waals surface area contributed by atoms with Gasteiger partial charge < -0.3 is 16.8 Å². The second-order valence-electron chi connectivity index (χ2n) is 4.90. The van der Waals surface area contributed by atoms with Crippen LogP contribution in [0.25, 0.3) is 10.6 Å². The predicted octanol–water partition coefficient (Wildman–Crippen LogP) is 2.14. The zero-order chi connectivity index (χ0) is 17.1. The van der Waals surface area contributed by atoms with Crippen LogP contribution in [0.1, 0.15) is 20.8 Å². The van der Waals surface area contributed by atoms with Crippen molar-refractivity contribution in [1.29, 1.82) is 0 Å². The monoisotopic (exact) mass is 339 g/mol. The van der Waals surface area contributed by atoms with E-state index in [0.29, 0.717) is 10.7 Å². The molecule has 0 fully saturated rings. The number of carbonyl (C=O) groups excluding carboxylic acids is 2. The van der Waals surface area contributed by atoms with Gasteiger partial charge in [-0.3, -0.25) is 14.6 Å². The lowest BCUT2D eigenvalue weighted by molar-refractivity contribution is 0.100. The van der Waals surface area contributed by atoms with Gasteiger partial charge in [0.2, 0.25) is 0 Å². The maximum absolute atomic E-state index is 12.4. The molecule has 3 aromatic rings. The van der Waals surface area contributed by atoms with Crippen molar-refractivity contribution in [2.24, 2.45) is 5.73 Å². The number of nitrogens with one attached hydrogen (secondary N) is 1. The molecule has 7 nitrogen and oxygen atoms in total. The van der Waals surface area contributed by atoms with Gasteiger partial charge >= 0.3 is 0 Å². The molecular weight excluding hydrogens is 326 g/mol. The number of hydrogen-bond acceptors (Lipinski definition) is 6. The van der Waals surface area contributed by atoms with E-state index in [1.54, 1.807) is 29.9 Å². The summed E-state index contributed by atoms with van der Waals surface area (Å²) >= 11 is 1.33. The Bertz CT molecular complexity index is 908. The molecule has 2 heterocycles. The number of carbonyl (C=O) groups is 2. The highest BCUT2D eigenvalue weighted by molar-refractivity contribution is 7.13. The molecule has 8 heteroatoms. The van der Waals surface area contributed by atoms with Gasteiger partial charge in [-0.1, -0.05) is 0 Å². The lowest BCUT2D eigenvalue weighted by atomic mass is 10.1. The maximum Gasteiger partial charge on any atom is 0.275 e. The summed E-state index contributed by atoms with van der Waals surface area (Å²) in [5.74, 6) is -1.11. The molecular formula is C16H13N5O2S. The van der Waals surface area contributed by atoms with Gasteiger partial charge in [0.05, 0.1) is 11.3 Å². The molecule has 0 aliphatic carbocycles. The SMILES string of the molecule is NC(=O)c1cc(N)ccc1NC(=O)c1csc(-c2cccnc2)n1. The fraction of sp³-hybridized carbons (Fsp3) is 0. The number of nitrogen functional groups attached to an aromatic ring is 1. The molecule has 0 atom stereocenters. The van der Waals surface area contributed by atoms with E-state index in [9.17, 15) is 9.59 Å². The van der Waals surface area contributed by atoms with Crippen molar-refractivity contribution in [3.05, 3.63) is 59.4 Å². The number of primary amides is 1. The Morgan fingerprint density at radius 1 is 1.21 bits per heavy atom. The highest BCUT2D eigenvalue weighted by Gasteiger charge is 2.15. The minimum Gasteiger partial charge on any atom is -0.399 e. The van der Waals surface area contributed by atoms with E-state index >= 15 is 0 Å². The Morgan fingerprint density at radius 3 is 2.75 bits per heavy atom. The normalized spacial score (nSPS) is 10.3. The van der Waals surface area contributed by atoms with Gasteiger partial charge in [-0.2, -0.15) is 0 Å². The number of pyridine rings is 1. The minimum absolute atomic E-state index is 0.145. The van der Waals surface area contributed by atoms with Crippen LogP contribution in [0.2, 0.25) is 0 Å². The first kappa shape index (κ1) is 15.6. The van der Waals surface area contributed by atoms with Crippen LogP contribution in [0.5, 0.6) is 0 Å². The van der Waals surface area contributed by atoms with E-state index in [4.69, 9.17) is 11.5 Å². The molecule has 0 aliphatic heterocycles. The zero-order valence-electron chi connectivity index (χ0n) is 12.4. The van der Waals surface area contributed by atoms with Crippen LogP contribution in [0.4, 0.5) is 11.4 Å². The highest BCUT2D eigenvalue weighted by atomic mass is 32.1. The van der Waals surface area contributed by atoms with Crippen molar-refractivity contribution >= 4 is 34.5 Å². The van der Waals surface area contributed by atoms with Crippen LogP contribution in [0.3, 0.4) is 0 Å². The summed E-state index contributed by atoms with van der Waals surface area (Å²) < 4.78 is 0. The summed E-state index contributed by atoms with van der Waals surface area (Å²) in [6.45, 7) is 0. The number of aromatic nitrogens is 2. The Balaban J connectivity index is 1.84. The van der Waals surface area contributed by atoms with Crippen LogP contribution < -0.4 is 16.8 Å². The number of anilines is 2. The Kier molecular flexibility index (Phi) is 4.21. The van der Waals surface area contributed by atoms with Crippen LogP contribution >= 0.6 is 11.3 Å². The molecule has 1 aromatic carbocycles. The van der Waals surface area contributed by atoms with E-state index in [2.05, 4.69) is 15.3 Å². The van der Waals surface area contributed by atoms with Gasteiger partial charge in [0.25, 0.3) is 11.8 Å². The van der Waals surface area contributed by atoms with Crippen molar-refractivity contribution < 1.29 is 9.59 Å². The highest BCUT2D eigenvalue weighted by Crippen LogP contribution is 2.24. The Labute approximate surface area is 141 Å². The van der Waals surface area contributed by atoms with Crippen LogP contribution in [0.15, 0.2) is 48.1 Å². The summed E-state index contributed by atoms with van der Waals surface area (Å²) in [5.41, 5.74) is 12.8. The third-order valence-electron chi connectivity index (χ3n) is 3.20. The van der Waals surface area contributed by atoms with Gasteiger partial charge in [-0.05, 0) is 30.3 Å². The summed E-state index contributed by atoms with van der Waals surface area (Å²) in [7, 11) is 0. The second kappa shape index (κ2) is 6.47. The topological polar surface area (TPSA) is 124 Å². The first-order valence-corrected chi connectivity index (χ1v) is 7.79. The summed E-state index contributed by atoms with van der Waals surface area (Å²) in [4.78, 5) is 32.1. The van der Waals surface area contributed by atoms with Crippen LogP contribution in [-0.4, -0.2) is 21.8 Å². The first-order valence-electron chi connectivity index (χ1n) is 6.91. The molecule has 120 valence electrons. The molecule has 0 unspecified atom stereocenters. The molecule has 24 heavy (non-hydrogen) atoms. The molecule has 2 aromatic heterocycles. The van der Waals surface area contributed by atoms with E-state index in [1.807, 2.05) is 6.07 Å². The quantitative estimate of drug-likeness (QED) is 0.628. The average Bonchev–Trinajstić information content (AvgIpc) is 3.07. The standard InChI is InChI=1S/C16H13N5O2S/c17-10-3-4-12(11(6-10)14(18)22)20-15(23)13-8-24-16(21-13)9-2-1-5-19-7-9/h1-8H,17H2,(H2,18,22)(H,20,23). The van der Waals surface area contributed by atoms with Crippen molar-refractivity contribution in [2.75, 3.05) is 11.1 Å². The van der Waals surface area contributed by atoms with Crippen LogP contribution in [0, 0.1) is 0 Å². The smallest absolute Gasteiger partial charge is 0.275 e. The molecule has 0 radical (unpaired) electrons. The van der Waals surface area contributed by atoms with E-state index in [-0.39, 0.29) is 16.9 Å². The molecule has 3 rings (SSSR count). The average molecular weight is 339 g/mol. The van der Waals surface area contributed by atoms with Gasteiger partial charge in [-0.25, -0.2) is 4.98 Å². The molecule has 0 aliphatic rings. The minimum atomic E-state index is -0.674. The molecule has 0 saturated heterocycles. The number of hydrogen-bond donors (Lipinski definition) is 3. The third-order valence-corrected chi connectivity index (χ3v) is 4.09. The van der Waals surface area contributed by atoms with E-state index in [0.717, 1.165) is 5.56 Å². The van der Waals surface area contributed by atoms with Crippen LogP contribution in [-0.2, 0) is 0 Å². The lowest BCUT2D eigenvalue weighted by Gasteiger charge is -2.08. The maximum atomic E-state index is 12.4. The molecule has 0 saturated carbocycles.